The quantitative estimate of drug-likeness (QED) is 0.850. The molecule has 1 fully saturated rings. The number of amides is 2. The molecule has 2 amide bonds. The minimum atomic E-state index is -0.628. The van der Waals surface area contributed by atoms with Gasteiger partial charge in [-0.1, -0.05) is 11.6 Å². The van der Waals surface area contributed by atoms with E-state index in [9.17, 15) is 9.59 Å². The van der Waals surface area contributed by atoms with Crippen LogP contribution in [-0.2, 0) is 4.79 Å². The number of hydrogen-bond acceptors (Lipinski definition) is 4. The van der Waals surface area contributed by atoms with E-state index in [0.29, 0.717) is 13.0 Å². The fraction of sp³-hybridized carbons (Fsp3) is 0.625. The molecule has 0 radical (unpaired) electrons. The summed E-state index contributed by atoms with van der Waals surface area (Å²) in [6.45, 7) is 1.41. The number of nitrogens with two attached hydrogens (primary N) is 1. The van der Waals surface area contributed by atoms with Gasteiger partial charge in [-0.15, -0.1) is 5.10 Å². The van der Waals surface area contributed by atoms with Gasteiger partial charge < -0.3 is 10.6 Å². The Morgan fingerprint density at radius 3 is 2.87 bits per heavy atom. The van der Waals surface area contributed by atoms with Gasteiger partial charge in [-0.25, -0.2) is 9.67 Å². The Bertz CT molecular complexity index is 622. The lowest BCUT2D eigenvalue weighted by Gasteiger charge is -2.33. The van der Waals surface area contributed by atoms with Gasteiger partial charge in [-0.3, -0.25) is 9.59 Å². The molecule has 1 aromatic rings. The topological polar surface area (TPSA) is 94.1 Å². The fourth-order valence-corrected chi connectivity index (χ4v) is 3.33. The van der Waals surface area contributed by atoms with Crippen LogP contribution < -0.4 is 5.73 Å². The SMILES string of the molecule is NC(=O)c1ncn(C2CCCN(C(=O)CC3=CCCCC3)C2)n1. The van der Waals surface area contributed by atoms with Gasteiger partial charge in [-0.2, -0.15) is 0 Å². The number of aromatic nitrogens is 3. The Labute approximate surface area is 135 Å². The van der Waals surface area contributed by atoms with Gasteiger partial charge in [0.25, 0.3) is 5.91 Å². The van der Waals surface area contributed by atoms with Crippen LogP contribution in [-0.4, -0.2) is 44.6 Å². The molecule has 1 aromatic heterocycles. The van der Waals surface area contributed by atoms with Crippen molar-refractivity contribution in [3.8, 4) is 0 Å². The third kappa shape index (κ3) is 3.78. The van der Waals surface area contributed by atoms with Crippen molar-refractivity contribution < 1.29 is 9.59 Å². The van der Waals surface area contributed by atoms with E-state index in [2.05, 4.69) is 16.2 Å². The highest BCUT2D eigenvalue weighted by molar-refractivity contribution is 5.88. The number of primary amides is 1. The molecule has 7 heteroatoms. The predicted octanol–water partition coefficient (Wildman–Crippen LogP) is 1.43. The largest absolute Gasteiger partial charge is 0.363 e. The monoisotopic (exact) mass is 317 g/mol. The zero-order valence-electron chi connectivity index (χ0n) is 13.3. The van der Waals surface area contributed by atoms with Crippen LogP contribution in [0.4, 0.5) is 0 Å². The number of likely N-dealkylation sites (tertiary alicyclic amines) is 1. The molecule has 2 aliphatic rings. The number of rotatable bonds is 4. The van der Waals surface area contributed by atoms with Gasteiger partial charge in [0.15, 0.2) is 0 Å². The summed E-state index contributed by atoms with van der Waals surface area (Å²) in [5.74, 6) is -0.407. The first-order valence-corrected chi connectivity index (χ1v) is 8.30. The van der Waals surface area contributed by atoms with E-state index < -0.39 is 5.91 Å². The molecule has 0 saturated carbocycles. The van der Waals surface area contributed by atoms with Gasteiger partial charge in [0.2, 0.25) is 11.7 Å². The lowest BCUT2D eigenvalue weighted by molar-refractivity contribution is -0.132. The molecule has 3 rings (SSSR count). The van der Waals surface area contributed by atoms with Gasteiger partial charge in [0.05, 0.1) is 6.04 Å². The van der Waals surface area contributed by atoms with Crippen molar-refractivity contribution in [2.75, 3.05) is 13.1 Å². The average molecular weight is 317 g/mol. The molecular formula is C16H23N5O2. The van der Waals surface area contributed by atoms with Gasteiger partial charge >= 0.3 is 0 Å². The number of allylic oxidation sites excluding steroid dienone is 1. The highest BCUT2D eigenvalue weighted by Crippen LogP contribution is 2.24. The highest BCUT2D eigenvalue weighted by atomic mass is 16.2. The van der Waals surface area contributed by atoms with Crippen LogP contribution >= 0.6 is 0 Å². The Morgan fingerprint density at radius 1 is 1.30 bits per heavy atom. The molecule has 1 unspecified atom stereocenters. The summed E-state index contributed by atoms with van der Waals surface area (Å²) in [5.41, 5.74) is 6.47. The van der Waals surface area contributed by atoms with Crippen LogP contribution in [0.2, 0.25) is 0 Å². The number of carbonyl (C=O) groups is 2. The van der Waals surface area contributed by atoms with E-state index >= 15 is 0 Å². The highest BCUT2D eigenvalue weighted by Gasteiger charge is 2.26. The Kier molecular flexibility index (Phi) is 4.73. The van der Waals surface area contributed by atoms with E-state index in [1.54, 1.807) is 4.68 Å². The summed E-state index contributed by atoms with van der Waals surface area (Å²) in [7, 11) is 0. The van der Waals surface area contributed by atoms with Crippen molar-refractivity contribution >= 4 is 11.8 Å². The maximum atomic E-state index is 12.5. The molecule has 1 atom stereocenters. The van der Waals surface area contributed by atoms with Crippen LogP contribution in [0.15, 0.2) is 18.0 Å². The molecule has 0 bridgehead atoms. The number of carbonyl (C=O) groups excluding carboxylic acids is 2. The first-order chi connectivity index (χ1) is 11.1. The molecule has 2 heterocycles. The van der Waals surface area contributed by atoms with Crippen LogP contribution in [0.1, 0.15) is 61.6 Å². The maximum Gasteiger partial charge on any atom is 0.288 e. The predicted molar refractivity (Wildman–Crippen MR) is 84.6 cm³/mol. The van der Waals surface area contributed by atoms with Gasteiger partial charge in [0.1, 0.15) is 6.33 Å². The summed E-state index contributed by atoms with van der Waals surface area (Å²) in [5, 5.41) is 4.12. The van der Waals surface area contributed by atoms with Crippen molar-refractivity contribution in [3.63, 3.8) is 0 Å². The summed E-state index contributed by atoms with van der Waals surface area (Å²) in [6.07, 6.45) is 10.7. The van der Waals surface area contributed by atoms with Crippen LogP contribution in [0.25, 0.3) is 0 Å². The second kappa shape index (κ2) is 6.93. The third-order valence-corrected chi connectivity index (χ3v) is 4.62. The summed E-state index contributed by atoms with van der Waals surface area (Å²) in [4.78, 5) is 29.5. The van der Waals surface area contributed by atoms with Crippen molar-refractivity contribution in [1.82, 2.24) is 19.7 Å². The second-order valence-corrected chi connectivity index (χ2v) is 6.33. The molecule has 23 heavy (non-hydrogen) atoms. The zero-order valence-corrected chi connectivity index (χ0v) is 13.3. The zero-order chi connectivity index (χ0) is 16.2. The average Bonchev–Trinajstić information content (AvgIpc) is 3.06. The number of nitrogens with zero attached hydrogens (tertiary/aromatic N) is 4. The van der Waals surface area contributed by atoms with Gasteiger partial charge in [-0.05, 0) is 38.5 Å². The molecule has 0 aromatic carbocycles. The lowest BCUT2D eigenvalue weighted by atomic mass is 9.96. The molecule has 124 valence electrons. The smallest absolute Gasteiger partial charge is 0.288 e. The first-order valence-electron chi connectivity index (χ1n) is 8.30. The second-order valence-electron chi connectivity index (χ2n) is 6.33. The van der Waals surface area contributed by atoms with Crippen LogP contribution in [0, 0.1) is 0 Å². The van der Waals surface area contributed by atoms with E-state index in [4.69, 9.17) is 5.73 Å². The van der Waals surface area contributed by atoms with E-state index in [1.807, 2.05) is 4.90 Å². The van der Waals surface area contributed by atoms with Crippen molar-refractivity contribution in [1.29, 1.82) is 0 Å². The van der Waals surface area contributed by atoms with Crippen molar-refractivity contribution in [3.05, 3.63) is 23.8 Å². The minimum absolute atomic E-state index is 0.0285. The molecule has 1 aliphatic carbocycles. The van der Waals surface area contributed by atoms with E-state index in [-0.39, 0.29) is 17.8 Å². The van der Waals surface area contributed by atoms with Crippen LogP contribution in [0.5, 0.6) is 0 Å². The van der Waals surface area contributed by atoms with Crippen LogP contribution in [0.3, 0.4) is 0 Å². The van der Waals surface area contributed by atoms with Gasteiger partial charge in [0, 0.05) is 19.5 Å². The third-order valence-electron chi connectivity index (χ3n) is 4.62. The summed E-state index contributed by atoms with van der Waals surface area (Å²) in [6, 6.07) is 0.0636. The van der Waals surface area contributed by atoms with E-state index in [0.717, 1.165) is 32.2 Å². The molecule has 0 spiro atoms. The molecule has 1 saturated heterocycles. The lowest BCUT2D eigenvalue weighted by Crippen LogP contribution is -2.41. The summed E-state index contributed by atoms with van der Waals surface area (Å²) >= 11 is 0. The number of piperidine rings is 1. The Morgan fingerprint density at radius 2 is 2.17 bits per heavy atom. The van der Waals surface area contributed by atoms with Crippen molar-refractivity contribution in [2.24, 2.45) is 5.73 Å². The minimum Gasteiger partial charge on any atom is -0.363 e. The molecule has 7 nitrogen and oxygen atoms in total. The maximum absolute atomic E-state index is 12.5. The number of hydrogen-bond donors (Lipinski definition) is 1. The normalized spacial score (nSPS) is 21.8. The standard InChI is InChI=1S/C16H23N5O2/c17-15(23)16-18-11-21(19-16)13-7-4-8-20(10-13)14(22)9-12-5-2-1-3-6-12/h5,11,13H,1-4,6-10H2,(H2,17,23). The Hall–Kier alpha value is -2.18. The fourth-order valence-electron chi connectivity index (χ4n) is 3.33. The van der Waals surface area contributed by atoms with E-state index in [1.165, 1.54) is 24.7 Å². The van der Waals surface area contributed by atoms with Crippen molar-refractivity contribution in [2.45, 2.75) is 51.0 Å². The first kappa shape index (κ1) is 15.7. The molecular weight excluding hydrogens is 294 g/mol. The molecule has 2 N–H and O–H groups in total. The molecule has 1 aliphatic heterocycles. The Balaban J connectivity index is 1.61. The summed E-state index contributed by atoms with van der Waals surface area (Å²) < 4.78 is 1.67.